The van der Waals surface area contributed by atoms with E-state index in [2.05, 4.69) is 4.74 Å². The van der Waals surface area contributed by atoms with Crippen LogP contribution in [0.15, 0.2) is 18.2 Å². The number of methoxy groups -OCH3 is 1. The van der Waals surface area contributed by atoms with E-state index in [4.69, 9.17) is 17.3 Å². The first-order chi connectivity index (χ1) is 7.04. The van der Waals surface area contributed by atoms with E-state index in [9.17, 15) is 4.79 Å². The number of ether oxygens (including phenoxy) is 1. The third kappa shape index (κ3) is 3.22. The number of rotatable bonds is 3. The fraction of sp³-hybridized carbons (Fsp3) is 0.364. The fourth-order valence-electron chi connectivity index (χ4n) is 1.33. The summed E-state index contributed by atoms with van der Waals surface area (Å²) in [5, 5.41) is 0.403. The van der Waals surface area contributed by atoms with Crippen LogP contribution in [0.1, 0.15) is 22.8 Å². The predicted molar refractivity (Wildman–Crippen MR) is 60.1 cm³/mol. The molecule has 2 N–H and O–H groups in total. The number of esters is 1. The zero-order valence-corrected chi connectivity index (χ0v) is 9.54. The van der Waals surface area contributed by atoms with Gasteiger partial charge in [-0.25, -0.2) is 4.79 Å². The molecule has 0 aliphatic heterocycles. The summed E-state index contributed by atoms with van der Waals surface area (Å²) >= 11 is 5.94. The minimum Gasteiger partial charge on any atom is -0.465 e. The van der Waals surface area contributed by atoms with Crippen LogP contribution in [0.5, 0.6) is 0 Å². The lowest BCUT2D eigenvalue weighted by atomic mass is 10.1. The summed E-state index contributed by atoms with van der Waals surface area (Å²) in [5.41, 5.74) is 7.06. The highest BCUT2D eigenvalue weighted by Gasteiger charge is 2.11. The smallest absolute Gasteiger partial charge is 0.339 e. The average molecular weight is 228 g/mol. The second-order valence-corrected chi connectivity index (χ2v) is 3.89. The van der Waals surface area contributed by atoms with Crippen molar-refractivity contribution in [2.24, 2.45) is 5.73 Å². The maximum atomic E-state index is 11.2. The number of hydrogen-bond acceptors (Lipinski definition) is 3. The molecule has 82 valence electrons. The van der Waals surface area contributed by atoms with E-state index in [-0.39, 0.29) is 6.04 Å². The van der Waals surface area contributed by atoms with Crippen LogP contribution in [-0.2, 0) is 11.2 Å². The quantitative estimate of drug-likeness (QED) is 0.804. The number of carbonyl (C=O) groups is 1. The van der Waals surface area contributed by atoms with Gasteiger partial charge in [-0.15, -0.1) is 0 Å². The van der Waals surface area contributed by atoms with Gasteiger partial charge in [0.2, 0.25) is 0 Å². The average Bonchev–Trinajstić information content (AvgIpc) is 2.16. The number of carbonyl (C=O) groups excluding carboxylic acids is 1. The summed E-state index contributed by atoms with van der Waals surface area (Å²) < 4.78 is 4.59. The molecule has 1 aromatic rings. The van der Waals surface area contributed by atoms with Crippen molar-refractivity contribution in [1.82, 2.24) is 0 Å². The van der Waals surface area contributed by atoms with Gasteiger partial charge in [0, 0.05) is 6.04 Å². The molecule has 0 saturated carbocycles. The van der Waals surface area contributed by atoms with Crippen molar-refractivity contribution in [2.75, 3.05) is 7.11 Å². The Labute approximate surface area is 94.2 Å². The lowest BCUT2D eigenvalue weighted by molar-refractivity contribution is 0.0601. The molecule has 0 aliphatic rings. The molecule has 15 heavy (non-hydrogen) atoms. The molecule has 1 aromatic carbocycles. The van der Waals surface area contributed by atoms with Gasteiger partial charge in [0.25, 0.3) is 0 Å². The zero-order valence-electron chi connectivity index (χ0n) is 8.79. The van der Waals surface area contributed by atoms with Crippen molar-refractivity contribution < 1.29 is 9.53 Å². The monoisotopic (exact) mass is 227 g/mol. The van der Waals surface area contributed by atoms with E-state index in [1.807, 2.05) is 13.0 Å². The highest BCUT2D eigenvalue weighted by atomic mass is 35.5. The van der Waals surface area contributed by atoms with Crippen LogP contribution in [-0.4, -0.2) is 19.1 Å². The molecule has 1 rings (SSSR count). The molecule has 0 aliphatic carbocycles. The van der Waals surface area contributed by atoms with Crippen LogP contribution in [0.3, 0.4) is 0 Å². The summed E-state index contributed by atoms with van der Waals surface area (Å²) in [6, 6.07) is 5.31. The van der Waals surface area contributed by atoms with E-state index < -0.39 is 5.97 Å². The highest BCUT2D eigenvalue weighted by Crippen LogP contribution is 2.19. The first-order valence-electron chi connectivity index (χ1n) is 4.67. The Morgan fingerprint density at radius 3 is 2.73 bits per heavy atom. The largest absolute Gasteiger partial charge is 0.465 e. The van der Waals surface area contributed by atoms with Crippen LogP contribution in [0.25, 0.3) is 0 Å². The third-order valence-electron chi connectivity index (χ3n) is 2.00. The molecule has 0 aromatic heterocycles. The van der Waals surface area contributed by atoms with Crippen LogP contribution in [0.2, 0.25) is 5.02 Å². The Kier molecular flexibility index (Phi) is 4.12. The molecule has 4 heteroatoms. The molecule has 1 atom stereocenters. The van der Waals surface area contributed by atoms with Gasteiger partial charge in [-0.1, -0.05) is 17.7 Å². The van der Waals surface area contributed by atoms with E-state index in [1.54, 1.807) is 12.1 Å². The lowest BCUT2D eigenvalue weighted by Gasteiger charge is -2.07. The summed E-state index contributed by atoms with van der Waals surface area (Å²) in [4.78, 5) is 11.2. The zero-order chi connectivity index (χ0) is 11.4. The molecular weight excluding hydrogens is 214 g/mol. The SMILES string of the molecule is COC(=O)c1ccc(C[C@@H](C)N)cc1Cl. The molecule has 3 nitrogen and oxygen atoms in total. The summed E-state index contributed by atoms with van der Waals surface area (Å²) in [5.74, 6) is -0.424. The summed E-state index contributed by atoms with van der Waals surface area (Å²) in [7, 11) is 1.33. The first-order valence-corrected chi connectivity index (χ1v) is 5.04. The van der Waals surface area contributed by atoms with Crippen LogP contribution < -0.4 is 5.73 Å². The summed E-state index contributed by atoms with van der Waals surface area (Å²) in [6.45, 7) is 1.92. The van der Waals surface area contributed by atoms with Crippen molar-refractivity contribution in [3.8, 4) is 0 Å². The molecule has 0 radical (unpaired) electrons. The fourth-order valence-corrected chi connectivity index (χ4v) is 1.61. The maximum absolute atomic E-state index is 11.2. The molecule has 0 heterocycles. The molecular formula is C11H14ClNO2. The number of hydrogen-bond donors (Lipinski definition) is 1. The van der Waals surface area contributed by atoms with E-state index in [0.717, 1.165) is 12.0 Å². The molecule has 0 bridgehead atoms. The third-order valence-corrected chi connectivity index (χ3v) is 2.31. The maximum Gasteiger partial charge on any atom is 0.339 e. The van der Waals surface area contributed by atoms with E-state index >= 15 is 0 Å². The highest BCUT2D eigenvalue weighted by molar-refractivity contribution is 6.33. The lowest BCUT2D eigenvalue weighted by Crippen LogP contribution is -2.17. The van der Waals surface area contributed by atoms with Gasteiger partial charge >= 0.3 is 5.97 Å². The van der Waals surface area contributed by atoms with Gasteiger partial charge in [-0.05, 0) is 31.0 Å². The van der Waals surface area contributed by atoms with E-state index in [1.165, 1.54) is 7.11 Å². The summed E-state index contributed by atoms with van der Waals surface area (Å²) in [6.07, 6.45) is 0.737. The molecule has 0 saturated heterocycles. The second-order valence-electron chi connectivity index (χ2n) is 3.49. The Morgan fingerprint density at radius 1 is 1.60 bits per heavy atom. The molecule has 0 unspecified atom stereocenters. The van der Waals surface area contributed by atoms with Gasteiger partial charge in [0.15, 0.2) is 0 Å². The standard InChI is InChI=1S/C11H14ClNO2/c1-7(13)5-8-3-4-9(10(12)6-8)11(14)15-2/h3-4,6-7H,5,13H2,1-2H3/t7-/m1/s1. The second kappa shape index (κ2) is 5.14. The van der Waals surface area contributed by atoms with Crippen molar-refractivity contribution in [1.29, 1.82) is 0 Å². The topological polar surface area (TPSA) is 52.3 Å². The Morgan fingerprint density at radius 2 is 2.27 bits per heavy atom. The van der Waals surface area contributed by atoms with Crippen molar-refractivity contribution in [3.63, 3.8) is 0 Å². The van der Waals surface area contributed by atoms with Crippen molar-refractivity contribution in [2.45, 2.75) is 19.4 Å². The number of benzene rings is 1. The molecule has 0 amide bonds. The van der Waals surface area contributed by atoms with Gasteiger partial charge in [-0.2, -0.15) is 0 Å². The Bertz CT molecular complexity index is 364. The minimum atomic E-state index is -0.424. The van der Waals surface area contributed by atoms with Gasteiger partial charge in [-0.3, -0.25) is 0 Å². The molecule has 0 fully saturated rings. The van der Waals surface area contributed by atoms with Crippen LogP contribution in [0.4, 0.5) is 0 Å². The number of halogens is 1. The van der Waals surface area contributed by atoms with Crippen LogP contribution >= 0.6 is 11.6 Å². The van der Waals surface area contributed by atoms with Crippen molar-refractivity contribution in [3.05, 3.63) is 34.3 Å². The predicted octanol–water partition coefficient (Wildman–Crippen LogP) is 2.02. The first kappa shape index (κ1) is 12.0. The minimum absolute atomic E-state index is 0.0741. The Balaban J connectivity index is 2.93. The van der Waals surface area contributed by atoms with E-state index in [0.29, 0.717) is 10.6 Å². The van der Waals surface area contributed by atoms with Crippen molar-refractivity contribution >= 4 is 17.6 Å². The normalized spacial score (nSPS) is 12.3. The van der Waals surface area contributed by atoms with Gasteiger partial charge in [0.1, 0.15) is 0 Å². The van der Waals surface area contributed by atoms with Gasteiger partial charge < -0.3 is 10.5 Å². The van der Waals surface area contributed by atoms with Gasteiger partial charge in [0.05, 0.1) is 17.7 Å². The number of nitrogens with two attached hydrogens (primary N) is 1. The Hall–Kier alpha value is -1.06. The van der Waals surface area contributed by atoms with Crippen LogP contribution in [0, 0.1) is 0 Å². The molecule has 0 spiro atoms.